The Kier molecular flexibility index (Phi) is 7.12. The molecule has 1 heterocycles. The zero-order valence-electron chi connectivity index (χ0n) is 16.2. The summed E-state index contributed by atoms with van der Waals surface area (Å²) in [6.07, 6.45) is 1.93. The van der Waals surface area contributed by atoms with Gasteiger partial charge in [-0.2, -0.15) is 5.10 Å². The van der Waals surface area contributed by atoms with Gasteiger partial charge in [0.05, 0.1) is 11.9 Å². The number of carbonyl (C=O) groups is 1. The highest BCUT2D eigenvalue weighted by Gasteiger charge is 2.12. The lowest BCUT2D eigenvalue weighted by Crippen LogP contribution is -2.17. The maximum atomic E-state index is 14.1. The SMILES string of the molecule is Cc1cc(/C=N/NC(=O)CCSc2ccc(Cl)cc2)c(C)n1-c1ccccc1F. The summed E-state index contributed by atoms with van der Waals surface area (Å²) in [5.74, 6) is 0.194. The number of thioether (sulfide) groups is 1. The van der Waals surface area contributed by atoms with Gasteiger partial charge in [0.25, 0.3) is 0 Å². The van der Waals surface area contributed by atoms with Crippen LogP contribution in [-0.4, -0.2) is 22.4 Å². The number of hydrogen-bond acceptors (Lipinski definition) is 3. The van der Waals surface area contributed by atoms with Crippen LogP contribution in [0.2, 0.25) is 5.02 Å². The van der Waals surface area contributed by atoms with E-state index in [1.54, 1.807) is 36.2 Å². The molecule has 0 bridgehead atoms. The van der Waals surface area contributed by atoms with E-state index in [0.29, 0.717) is 22.9 Å². The average Bonchev–Trinajstić information content (AvgIpc) is 2.97. The molecule has 3 rings (SSSR count). The van der Waals surface area contributed by atoms with Gasteiger partial charge in [0.15, 0.2) is 0 Å². The Balaban J connectivity index is 1.56. The molecule has 0 fully saturated rings. The first-order valence-corrected chi connectivity index (χ1v) is 10.5. The summed E-state index contributed by atoms with van der Waals surface area (Å²) in [6.45, 7) is 3.80. The van der Waals surface area contributed by atoms with Gasteiger partial charge in [-0.25, -0.2) is 9.82 Å². The minimum absolute atomic E-state index is 0.161. The molecule has 7 heteroatoms. The average molecular weight is 430 g/mol. The molecule has 0 atom stereocenters. The molecular weight excluding hydrogens is 409 g/mol. The largest absolute Gasteiger partial charge is 0.315 e. The maximum absolute atomic E-state index is 14.1. The second kappa shape index (κ2) is 9.76. The van der Waals surface area contributed by atoms with Crippen molar-refractivity contribution in [3.8, 4) is 5.69 Å². The van der Waals surface area contributed by atoms with Crippen molar-refractivity contribution < 1.29 is 9.18 Å². The number of aryl methyl sites for hydroxylation is 1. The lowest BCUT2D eigenvalue weighted by molar-refractivity contribution is -0.120. The molecule has 1 aromatic heterocycles. The van der Waals surface area contributed by atoms with E-state index < -0.39 is 0 Å². The van der Waals surface area contributed by atoms with Crippen LogP contribution in [0.5, 0.6) is 0 Å². The second-order valence-electron chi connectivity index (χ2n) is 6.46. The van der Waals surface area contributed by atoms with Crippen LogP contribution in [0.1, 0.15) is 23.4 Å². The molecule has 1 amide bonds. The highest BCUT2D eigenvalue weighted by atomic mass is 35.5. The van der Waals surface area contributed by atoms with Crippen molar-refractivity contribution in [1.29, 1.82) is 0 Å². The van der Waals surface area contributed by atoms with Gasteiger partial charge < -0.3 is 4.57 Å². The molecule has 0 aliphatic rings. The molecule has 0 unspecified atom stereocenters. The van der Waals surface area contributed by atoms with E-state index in [9.17, 15) is 9.18 Å². The van der Waals surface area contributed by atoms with Gasteiger partial charge in [-0.1, -0.05) is 23.7 Å². The lowest BCUT2D eigenvalue weighted by atomic mass is 10.2. The summed E-state index contributed by atoms with van der Waals surface area (Å²) in [6, 6.07) is 16.0. The van der Waals surface area contributed by atoms with Gasteiger partial charge in [-0.05, 0) is 56.3 Å². The first kappa shape index (κ1) is 21.1. The number of carbonyl (C=O) groups excluding carboxylic acids is 1. The Morgan fingerprint density at radius 3 is 2.66 bits per heavy atom. The minimum Gasteiger partial charge on any atom is -0.315 e. The molecule has 0 spiro atoms. The number of para-hydroxylation sites is 1. The second-order valence-corrected chi connectivity index (χ2v) is 8.06. The van der Waals surface area contributed by atoms with Gasteiger partial charge in [-0.15, -0.1) is 11.8 Å². The Bertz CT molecular complexity index is 1030. The number of benzene rings is 2. The van der Waals surface area contributed by atoms with Crippen molar-refractivity contribution in [2.75, 3.05) is 5.75 Å². The topological polar surface area (TPSA) is 46.4 Å². The van der Waals surface area contributed by atoms with Crippen molar-refractivity contribution in [2.24, 2.45) is 5.10 Å². The number of amides is 1. The Morgan fingerprint density at radius 2 is 1.93 bits per heavy atom. The van der Waals surface area contributed by atoms with E-state index in [0.717, 1.165) is 21.8 Å². The number of aromatic nitrogens is 1. The summed E-state index contributed by atoms with van der Waals surface area (Å²) < 4.78 is 16.0. The molecule has 0 saturated heterocycles. The fraction of sp³-hybridized carbons (Fsp3) is 0.182. The number of hydrogen-bond donors (Lipinski definition) is 1. The molecule has 4 nitrogen and oxygen atoms in total. The van der Waals surface area contributed by atoms with Gasteiger partial charge in [0.1, 0.15) is 5.82 Å². The lowest BCUT2D eigenvalue weighted by Gasteiger charge is -2.10. The van der Waals surface area contributed by atoms with Crippen LogP contribution >= 0.6 is 23.4 Å². The van der Waals surface area contributed by atoms with Crippen molar-refractivity contribution >= 4 is 35.5 Å². The number of nitrogens with one attached hydrogen (secondary N) is 1. The van der Waals surface area contributed by atoms with E-state index in [-0.39, 0.29) is 11.7 Å². The first-order chi connectivity index (χ1) is 14.0. The van der Waals surface area contributed by atoms with Crippen molar-refractivity contribution in [3.63, 3.8) is 0 Å². The summed E-state index contributed by atoms with van der Waals surface area (Å²) >= 11 is 7.44. The third-order valence-electron chi connectivity index (χ3n) is 4.37. The summed E-state index contributed by atoms with van der Waals surface area (Å²) in [4.78, 5) is 13.0. The predicted molar refractivity (Wildman–Crippen MR) is 118 cm³/mol. The Hall–Kier alpha value is -2.57. The highest BCUT2D eigenvalue weighted by molar-refractivity contribution is 7.99. The number of hydrazone groups is 1. The fourth-order valence-electron chi connectivity index (χ4n) is 2.94. The number of rotatable bonds is 7. The third-order valence-corrected chi connectivity index (χ3v) is 5.63. The van der Waals surface area contributed by atoms with Gasteiger partial charge in [0, 0.05) is 39.0 Å². The number of halogens is 2. The van der Waals surface area contributed by atoms with Gasteiger partial charge in [-0.3, -0.25) is 4.79 Å². The third kappa shape index (κ3) is 5.49. The highest BCUT2D eigenvalue weighted by Crippen LogP contribution is 2.22. The molecule has 0 aliphatic heterocycles. The molecular formula is C22H21ClFN3OS. The van der Waals surface area contributed by atoms with Crippen molar-refractivity contribution in [1.82, 2.24) is 9.99 Å². The van der Waals surface area contributed by atoms with Crippen molar-refractivity contribution in [3.05, 3.63) is 82.4 Å². The van der Waals surface area contributed by atoms with Gasteiger partial charge in [0.2, 0.25) is 5.91 Å². The minimum atomic E-state index is -0.288. The summed E-state index contributed by atoms with van der Waals surface area (Å²) in [7, 11) is 0. The smallest absolute Gasteiger partial charge is 0.240 e. The van der Waals surface area contributed by atoms with E-state index in [1.165, 1.54) is 6.07 Å². The number of nitrogens with zero attached hydrogens (tertiary/aromatic N) is 2. The molecule has 0 aliphatic carbocycles. The van der Waals surface area contributed by atoms with E-state index in [4.69, 9.17) is 11.6 Å². The molecule has 0 saturated carbocycles. The monoisotopic (exact) mass is 429 g/mol. The van der Waals surface area contributed by atoms with E-state index in [2.05, 4.69) is 10.5 Å². The summed E-state index contributed by atoms with van der Waals surface area (Å²) in [5.41, 5.74) is 5.60. The van der Waals surface area contributed by atoms with Crippen LogP contribution in [-0.2, 0) is 4.79 Å². The fourth-order valence-corrected chi connectivity index (χ4v) is 3.92. The predicted octanol–water partition coefficient (Wildman–Crippen LogP) is 5.52. The van der Waals surface area contributed by atoms with E-state index in [1.807, 2.05) is 48.7 Å². The van der Waals surface area contributed by atoms with Crippen LogP contribution < -0.4 is 5.43 Å². The zero-order chi connectivity index (χ0) is 20.8. The Morgan fingerprint density at radius 1 is 1.21 bits per heavy atom. The van der Waals surface area contributed by atoms with E-state index >= 15 is 0 Å². The quantitative estimate of drug-likeness (QED) is 0.305. The molecule has 1 N–H and O–H groups in total. The zero-order valence-corrected chi connectivity index (χ0v) is 17.7. The van der Waals surface area contributed by atoms with Crippen LogP contribution in [0.25, 0.3) is 5.69 Å². The molecule has 150 valence electrons. The molecule has 3 aromatic rings. The van der Waals surface area contributed by atoms with Gasteiger partial charge >= 0.3 is 0 Å². The van der Waals surface area contributed by atoms with Crippen LogP contribution in [0.15, 0.2) is 64.6 Å². The summed E-state index contributed by atoms with van der Waals surface area (Å²) in [5, 5.41) is 4.74. The van der Waals surface area contributed by atoms with Crippen LogP contribution in [0.4, 0.5) is 4.39 Å². The molecule has 29 heavy (non-hydrogen) atoms. The van der Waals surface area contributed by atoms with Crippen molar-refractivity contribution in [2.45, 2.75) is 25.2 Å². The van der Waals surface area contributed by atoms with Crippen LogP contribution in [0.3, 0.4) is 0 Å². The maximum Gasteiger partial charge on any atom is 0.240 e. The standard InChI is InChI=1S/C22H21ClFN3OS/c1-15-13-17(16(2)27(15)21-6-4-3-5-20(21)24)14-25-26-22(28)11-12-29-19-9-7-18(23)8-10-19/h3-10,13-14H,11-12H2,1-2H3,(H,26,28)/b25-14+. The Labute approximate surface area is 178 Å². The normalized spacial score (nSPS) is 11.2. The first-order valence-electron chi connectivity index (χ1n) is 9.10. The molecule has 0 radical (unpaired) electrons. The molecule has 2 aromatic carbocycles. The van der Waals surface area contributed by atoms with Crippen LogP contribution in [0, 0.1) is 19.7 Å².